The largest absolute Gasteiger partial charge is 0.465 e. The van der Waals surface area contributed by atoms with Crippen LogP contribution in [-0.4, -0.2) is 29.0 Å². The summed E-state index contributed by atoms with van der Waals surface area (Å²) in [5.74, 6) is -1.36. The minimum absolute atomic E-state index is 0.0148. The molecule has 0 aliphatic carbocycles. The maximum Gasteiger partial charge on any atom is 0.341 e. The highest BCUT2D eigenvalue weighted by Crippen LogP contribution is 2.25. The number of halogens is 1. The predicted octanol–water partition coefficient (Wildman–Crippen LogP) is 2.08. The Labute approximate surface area is 135 Å². The molecule has 0 bridgehead atoms. The molecule has 1 N–H and O–H groups in total. The van der Waals surface area contributed by atoms with Gasteiger partial charge >= 0.3 is 5.97 Å². The highest BCUT2D eigenvalue weighted by Gasteiger charge is 2.17. The average Bonchev–Trinajstić information content (AvgIpc) is 3.01. The van der Waals surface area contributed by atoms with Gasteiger partial charge in [0.15, 0.2) is 0 Å². The topological polar surface area (TPSA) is 94.3 Å². The molecule has 3 aromatic rings. The third-order valence-corrected chi connectivity index (χ3v) is 3.26. The number of hydrogen-bond acceptors (Lipinski definition) is 6. The number of aromatic nitrogens is 2. The fourth-order valence-corrected chi connectivity index (χ4v) is 2.19. The fraction of sp³-hybridized carbons (Fsp3) is 0.125. The van der Waals surface area contributed by atoms with Crippen molar-refractivity contribution in [1.29, 1.82) is 0 Å². The van der Waals surface area contributed by atoms with E-state index in [1.807, 2.05) is 0 Å². The average molecular weight is 329 g/mol. The van der Waals surface area contributed by atoms with E-state index in [0.29, 0.717) is 11.1 Å². The van der Waals surface area contributed by atoms with Gasteiger partial charge in [-0.15, -0.1) is 0 Å². The van der Waals surface area contributed by atoms with Crippen LogP contribution in [0.4, 0.5) is 4.39 Å². The third kappa shape index (κ3) is 3.07. The van der Waals surface area contributed by atoms with Crippen LogP contribution in [0.5, 0.6) is 0 Å². The number of nitrogens with zero attached hydrogens (tertiary/aromatic N) is 2. The standard InChI is InChI=1S/C16H12FN3O4/c1-23-16(22)12-6-10(17)4-9-5-11(24-14(9)12)7-20-15(21)13-8-18-2-3-19-13/h2-6,8H,7H2,1H3,(H,20,21). The minimum atomic E-state index is -0.705. The van der Waals surface area contributed by atoms with Crippen molar-refractivity contribution in [3.63, 3.8) is 0 Å². The molecule has 0 spiro atoms. The van der Waals surface area contributed by atoms with Gasteiger partial charge in [-0.1, -0.05) is 0 Å². The van der Waals surface area contributed by atoms with Crippen LogP contribution in [-0.2, 0) is 11.3 Å². The number of rotatable bonds is 4. The molecule has 2 aromatic heterocycles. The Morgan fingerprint density at radius 1 is 1.29 bits per heavy atom. The first kappa shape index (κ1) is 15.6. The molecule has 8 heteroatoms. The van der Waals surface area contributed by atoms with Gasteiger partial charge in [-0.2, -0.15) is 0 Å². The van der Waals surface area contributed by atoms with E-state index in [9.17, 15) is 14.0 Å². The number of ether oxygens (including phenoxy) is 1. The second-order valence-corrected chi connectivity index (χ2v) is 4.85. The van der Waals surface area contributed by atoms with Crippen LogP contribution in [0.2, 0.25) is 0 Å². The van der Waals surface area contributed by atoms with Crippen molar-refractivity contribution in [3.8, 4) is 0 Å². The van der Waals surface area contributed by atoms with E-state index in [4.69, 9.17) is 4.42 Å². The molecule has 0 radical (unpaired) electrons. The summed E-state index contributed by atoms with van der Waals surface area (Å²) in [6, 6.07) is 3.82. The summed E-state index contributed by atoms with van der Waals surface area (Å²) in [4.78, 5) is 31.3. The van der Waals surface area contributed by atoms with E-state index < -0.39 is 17.7 Å². The van der Waals surface area contributed by atoms with Crippen LogP contribution in [0.3, 0.4) is 0 Å². The van der Waals surface area contributed by atoms with Crippen molar-refractivity contribution in [3.05, 3.63) is 59.6 Å². The molecule has 0 aliphatic heterocycles. The number of benzene rings is 1. The van der Waals surface area contributed by atoms with Crippen LogP contribution in [0, 0.1) is 5.82 Å². The van der Waals surface area contributed by atoms with Gasteiger partial charge < -0.3 is 14.5 Å². The molecule has 0 aliphatic rings. The summed E-state index contributed by atoms with van der Waals surface area (Å²) in [5.41, 5.74) is 0.348. The quantitative estimate of drug-likeness (QED) is 0.737. The summed E-state index contributed by atoms with van der Waals surface area (Å²) < 4.78 is 23.8. The molecule has 0 unspecified atom stereocenters. The summed E-state index contributed by atoms with van der Waals surface area (Å²) in [7, 11) is 1.20. The summed E-state index contributed by atoms with van der Waals surface area (Å²) >= 11 is 0. The molecule has 24 heavy (non-hydrogen) atoms. The van der Waals surface area contributed by atoms with Gasteiger partial charge in [-0.25, -0.2) is 14.2 Å². The van der Waals surface area contributed by atoms with Crippen LogP contribution < -0.4 is 5.32 Å². The van der Waals surface area contributed by atoms with E-state index >= 15 is 0 Å². The van der Waals surface area contributed by atoms with E-state index in [-0.39, 0.29) is 23.4 Å². The van der Waals surface area contributed by atoms with E-state index in [1.54, 1.807) is 6.07 Å². The zero-order valence-corrected chi connectivity index (χ0v) is 12.6. The normalized spacial score (nSPS) is 10.6. The highest BCUT2D eigenvalue weighted by molar-refractivity contribution is 6.02. The van der Waals surface area contributed by atoms with Crippen molar-refractivity contribution in [2.75, 3.05) is 7.11 Å². The molecule has 7 nitrogen and oxygen atoms in total. The number of nitrogens with one attached hydrogen (secondary N) is 1. The second-order valence-electron chi connectivity index (χ2n) is 4.85. The first-order valence-corrected chi connectivity index (χ1v) is 6.93. The monoisotopic (exact) mass is 329 g/mol. The summed E-state index contributed by atoms with van der Waals surface area (Å²) in [5, 5.41) is 3.01. The van der Waals surface area contributed by atoms with E-state index in [2.05, 4.69) is 20.0 Å². The second kappa shape index (κ2) is 6.45. The van der Waals surface area contributed by atoms with Crippen LogP contribution in [0.15, 0.2) is 41.2 Å². The maximum absolute atomic E-state index is 13.6. The number of fused-ring (bicyclic) bond motifs is 1. The van der Waals surface area contributed by atoms with Gasteiger partial charge in [-0.05, 0) is 18.2 Å². The predicted molar refractivity (Wildman–Crippen MR) is 80.7 cm³/mol. The van der Waals surface area contributed by atoms with E-state index in [1.165, 1.54) is 31.8 Å². The number of hydrogen-bond donors (Lipinski definition) is 1. The van der Waals surface area contributed by atoms with Crippen LogP contribution >= 0.6 is 0 Å². The number of amides is 1. The number of methoxy groups -OCH3 is 1. The van der Waals surface area contributed by atoms with Crippen LogP contribution in [0.25, 0.3) is 11.0 Å². The lowest BCUT2D eigenvalue weighted by atomic mass is 10.1. The van der Waals surface area contributed by atoms with Gasteiger partial charge in [0, 0.05) is 17.8 Å². The summed E-state index contributed by atoms with van der Waals surface area (Å²) in [6.45, 7) is 0.0479. The molecule has 3 rings (SSSR count). The molecule has 1 aromatic carbocycles. The van der Waals surface area contributed by atoms with Gasteiger partial charge in [0.05, 0.1) is 19.9 Å². The molecular weight excluding hydrogens is 317 g/mol. The number of esters is 1. The molecule has 2 heterocycles. The molecule has 122 valence electrons. The molecule has 0 atom stereocenters. The first-order chi connectivity index (χ1) is 11.6. The smallest absolute Gasteiger partial charge is 0.341 e. The van der Waals surface area contributed by atoms with Gasteiger partial charge in [0.2, 0.25) is 0 Å². The highest BCUT2D eigenvalue weighted by atomic mass is 19.1. The Morgan fingerprint density at radius 3 is 2.83 bits per heavy atom. The first-order valence-electron chi connectivity index (χ1n) is 6.93. The number of furan rings is 1. The Bertz CT molecular complexity index is 908. The molecular formula is C16H12FN3O4. The lowest BCUT2D eigenvalue weighted by molar-refractivity contribution is 0.0601. The number of carbonyl (C=O) groups is 2. The number of carbonyl (C=O) groups excluding carboxylic acids is 2. The lowest BCUT2D eigenvalue weighted by Gasteiger charge is -2.02. The molecule has 0 saturated heterocycles. The molecule has 1 amide bonds. The van der Waals surface area contributed by atoms with Crippen LogP contribution in [0.1, 0.15) is 26.6 Å². The SMILES string of the molecule is COC(=O)c1cc(F)cc2cc(CNC(=O)c3cnccn3)oc12. The molecule has 0 fully saturated rings. The van der Waals surface area contributed by atoms with Gasteiger partial charge in [0.25, 0.3) is 5.91 Å². The van der Waals surface area contributed by atoms with Gasteiger partial charge in [-0.3, -0.25) is 9.78 Å². The van der Waals surface area contributed by atoms with Gasteiger partial charge in [0.1, 0.15) is 28.4 Å². The minimum Gasteiger partial charge on any atom is -0.465 e. The Balaban J connectivity index is 1.83. The van der Waals surface area contributed by atoms with Crippen molar-refractivity contribution < 1.29 is 23.1 Å². The fourth-order valence-electron chi connectivity index (χ4n) is 2.19. The zero-order valence-electron chi connectivity index (χ0n) is 12.6. The lowest BCUT2D eigenvalue weighted by Crippen LogP contribution is -2.23. The van der Waals surface area contributed by atoms with Crippen molar-refractivity contribution in [1.82, 2.24) is 15.3 Å². The molecule has 0 saturated carbocycles. The maximum atomic E-state index is 13.6. The third-order valence-electron chi connectivity index (χ3n) is 3.26. The summed E-state index contributed by atoms with van der Waals surface area (Å²) in [6.07, 6.45) is 4.19. The zero-order chi connectivity index (χ0) is 17.1. The van der Waals surface area contributed by atoms with Crippen molar-refractivity contribution in [2.24, 2.45) is 0 Å². The van der Waals surface area contributed by atoms with Crippen molar-refractivity contribution in [2.45, 2.75) is 6.54 Å². The van der Waals surface area contributed by atoms with E-state index in [0.717, 1.165) is 6.07 Å². The Hall–Kier alpha value is -3.29. The van der Waals surface area contributed by atoms with Crippen molar-refractivity contribution >= 4 is 22.8 Å². The Kier molecular flexibility index (Phi) is 4.19. The Morgan fingerprint density at radius 2 is 2.12 bits per heavy atom.